The van der Waals surface area contributed by atoms with Crippen LogP contribution in [0.1, 0.15) is 49.0 Å². The second kappa shape index (κ2) is 7.17. The Balaban J connectivity index is 1.55. The number of aliphatic hydroxyl groups is 1. The summed E-state index contributed by atoms with van der Waals surface area (Å²) in [7, 11) is 0. The van der Waals surface area contributed by atoms with Gasteiger partial charge >= 0.3 is 0 Å². The summed E-state index contributed by atoms with van der Waals surface area (Å²) in [5.41, 5.74) is 0.427. The molecule has 2 fully saturated rings. The van der Waals surface area contributed by atoms with Gasteiger partial charge in [0.1, 0.15) is 11.2 Å². The SMILES string of the molecule is O=C(NC1(C(=O)N2CCC(O)CC2)CCCC1)c1cc2cc(Cl)ccc2[nH]1. The van der Waals surface area contributed by atoms with Crippen molar-refractivity contribution < 1.29 is 14.7 Å². The smallest absolute Gasteiger partial charge is 0.268 e. The summed E-state index contributed by atoms with van der Waals surface area (Å²) >= 11 is 6.02. The molecule has 7 heteroatoms. The number of nitrogens with one attached hydrogen (secondary N) is 2. The van der Waals surface area contributed by atoms with Crippen LogP contribution in [0, 0.1) is 0 Å². The van der Waals surface area contributed by atoms with Crippen LogP contribution in [0.15, 0.2) is 24.3 Å². The third-order valence-electron chi connectivity index (χ3n) is 5.80. The summed E-state index contributed by atoms with van der Waals surface area (Å²) in [5, 5.41) is 14.2. The number of carbonyl (C=O) groups is 2. The van der Waals surface area contributed by atoms with Crippen LogP contribution < -0.4 is 5.32 Å². The highest BCUT2D eigenvalue weighted by atomic mass is 35.5. The number of hydrogen-bond donors (Lipinski definition) is 3. The molecule has 0 bridgehead atoms. The Morgan fingerprint density at radius 1 is 1.19 bits per heavy atom. The van der Waals surface area contributed by atoms with Crippen molar-refractivity contribution in [1.29, 1.82) is 0 Å². The quantitative estimate of drug-likeness (QED) is 0.754. The molecule has 1 aliphatic carbocycles. The predicted molar refractivity (Wildman–Crippen MR) is 104 cm³/mol. The fraction of sp³-hybridized carbons (Fsp3) is 0.500. The molecule has 0 atom stereocenters. The monoisotopic (exact) mass is 389 g/mol. The number of aromatic nitrogens is 1. The number of hydrogen-bond acceptors (Lipinski definition) is 3. The van der Waals surface area contributed by atoms with Gasteiger partial charge in [0.05, 0.1) is 6.10 Å². The van der Waals surface area contributed by atoms with Gasteiger partial charge in [-0.15, -0.1) is 0 Å². The molecule has 0 radical (unpaired) electrons. The van der Waals surface area contributed by atoms with Gasteiger partial charge in [0.2, 0.25) is 5.91 Å². The van der Waals surface area contributed by atoms with Gasteiger partial charge in [0, 0.05) is 29.0 Å². The highest BCUT2D eigenvalue weighted by Crippen LogP contribution is 2.33. The van der Waals surface area contributed by atoms with Crippen LogP contribution in [0.5, 0.6) is 0 Å². The number of aliphatic hydroxyl groups excluding tert-OH is 1. The summed E-state index contributed by atoms with van der Waals surface area (Å²) in [6.07, 6.45) is 4.01. The first-order chi connectivity index (χ1) is 13.0. The number of fused-ring (bicyclic) bond motifs is 1. The van der Waals surface area contributed by atoms with Crippen molar-refractivity contribution in [3.05, 3.63) is 35.0 Å². The maximum atomic E-state index is 13.2. The fourth-order valence-electron chi connectivity index (χ4n) is 4.25. The summed E-state index contributed by atoms with van der Waals surface area (Å²) < 4.78 is 0. The number of halogens is 1. The third-order valence-corrected chi connectivity index (χ3v) is 6.03. The Hall–Kier alpha value is -2.05. The van der Waals surface area contributed by atoms with Gasteiger partial charge < -0.3 is 20.3 Å². The topological polar surface area (TPSA) is 85.4 Å². The average Bonchev–Trinajstić information content (AvgIpc) is 3.29. The highest BCUT2D eigenvalue weighted by Gasteiger charge is 2.45. The summed E-state index contributed by atoms with van der Waals surface area (Å²) in [6, 6.07) is 7.18. The zero-order valence-electron chi connectivity index (χ0n) is 15.1. The van der Waals surface area contributed by atoms with Gasteiger partial charge in [-0.25, -0.2) is 0 Å². The number of H-pyrrole nitrogens is 1. The van der Waals surface area contributed by atoms with E-state index >= 15 is 0 Å². The zero-order chi connectivity index (χ0) is 19.0. The normalized spacial score (nSPS) is 20.1. The first-order valence-corrected chi connectivity index (χ1v) is 9.93. The lowest BCUT2D eigenvalue weighted by molar-refractivity contribution is -0.140. The molecule has 1 saturated heterocycles. The van der Waals surface area contributed by atoms with Crippen LogP contribution in [-0.2, 0) is 4.79 Å². The number of amides is 2. The molecule has 27 heavy (non-hydrogen) atoms. The lowest BCUT2D eigenvalue weighted by Gasteiger charge is -2.37. The number of rotatable bonds is 3. The molecule has 1 aliphatic heterocycles. The van der Waals surface area contributed by atoms with E-state index in [1.807, 2.05) is 6.07 Å². The van der Waals surface area contributed by atoms with Crippen LogP contribution in [-0.4, -0.2) is 51.5 Å². The molecule has 2 aromatic rings. The predicted octanol–water partition coefficient (Wildman–Crippen LogP) is 2.85. The molecule has 6 nitrogen and oxygen atoms in total. The zero-order valence-corrected chi connectivity index (χ0v) is 15.9. The standard InChI is InChI=1S/C20H24ClN3O3/c21-14-3-4-16-13(11-14)12-17(22-16)18(26)23-20(7-1-2-8-20)19(27)24-9-5-15(25)6-10-24/h3-4,11-12,15,22,25H,1-2,5-10H2,(H,23,26). The molecule has 4 rings (SSSR count). The molecule has 2 amide bonds. The Morgan fingerprint density at radius 3 is 2.59 bits per heavy atom. The second-order valence-electron chi connectivity index (χ2n) is 7.68. The van der Waals surface area contributed by atoms with E-state index in [-0.39, 0.29) is 17.9 Å². The van der Waals surface area contributed by atoms with Gasteiger partial charge in [0.15, 0.2) is 0 Å². The molecule has 3 N–H and O–H groups in total. The number of aromatic amines is 1. The first-order valence-electron chi connectivity index (χ1n) is 9.55. The summed E-state index contributed by atoms with van der Waals surface area (Å²) in [6.45, 7) is 1.09. The lowest BCUT2D eigenvalue weighted by Crippen LogP contribution is -2.59. The van der Waals surface area contributed by atoms with Crippen LogP contribution >= 0.6 is 11.6 Å². The van der Waals surface area contributed by atoms with Gasteiger partial charge in [-0.2, -0.15) is 0 Å². The maximum Gasteiger partial charge on any atom is 0.268 e. The van der Waals surface area contributed by atoms with Gasteiger partial charge in [-0.3, -0.25) is 9.59 Å². The van der Waals surface area contributed by atoms with Crippen LogP contribution in [0.3, 0.4) is 0 Å². The molecule has 144 valence electrons. The van der Waals surface area contributed by atoms with Crippen LogP contribution in [0.25, 0.3) is 10.9 Å². The lowest BCUT2D eigenvalue weighted by atomic mass is 9.93. The number of nitrogens with zero attached hydrogens (tertiary/aromatic N) is 1. The molecule has 2 heterocycles. The minimum absolute atomic E-state index is 0.0144. The Bertz CT molecular complexity index is 864. The minimum Gasteiger partial charge on any atom is -0.393 e. The maximum absolute atomic E-state index is 13.2. The fourth-order valence-corrected chi connectivity index (χ4v) is 4.43. The van der Waals surface area contributed by atoms with Gasteiger partial charge in [-0.05, 0) is 49.9 Å². The van der Waals surface area contributed by atoms with Gasteiger partial charge in [0.25, 0.3) is 5.91 Å². The van der Waals surface area contributed by atoms with Crippen molar-refractivity contribution in [2.45, 2.75) is 50.2 Å². The van der Waals surface area contributed by atoms with E-state index in [2.05, 4.69) is 10.3 Å². The molecule has 0 unspecified atom stereocenters. The molecule has 1 aromatic carbocycles. The van der Waals surface area contributed by atoms with E-state index in [1.54, 1.807) is 23.1 Å². The van der Waals surface area contributed by atoms with E-state index in [0.717, 1.165) is 23.7 Å². The number of piperidine rings is 1. The molecule has 1 saturated carbocycles. The van der Waals surface area contributed by atoms with Crippen LogP contribution in [0.2, 0.25) is 5.02 Å². The summed E-state index contributed by atoms with van der Waals surface area (Å²) in [5.74, 6) is -0.283. The second-order valence-corrected chi connectivity index (χ2v) is 8.12. The first kappa shape index (κ1) is 18.3. The van der Waals surface area contributed by atoms with E-state index in [1.165, 1.54) is 0 Å². The van der Waals surface area contributed by atoms with Crippen molar-refractivity contribution in [2.75, 3.05) is 13.1 Å². The van der Waals surface area contributed by atoms with E-state index in [0.29, 0.717) is 49.5 Å². The Kier molecular flexibility index (Phi) is 4.86. The van der Waals surface area contributed by atoms with E-state index < -0.39 is 5.54 Å². The Morgan fingerprint density at radius 2 is 1.89 bits per heavy atom. The molecule has 1 aromatic heterocycles. The average molecular weight is 390 g/mol. The Labute approximate surface area is 162 Å². The van der Waals surface area contributed by atoms with Crippen molar-refractivity contribution in [1.82, 2.24) is 15.2 Å². The largest absolute Gasteiger partial charge is 0.393 e. The van der Waals surface area contributed by atoms with Crippen molar-refractivity contribution in [2.24, 2.45) is 0 Å². The summed E-state index contributed by atoms with van der Waals surface area (Å²) in [4.78, 5) is 31.0. The van der Waals surface area contributed by atoms with Crippen molar-refractivity contribution in [3.8, 4) is 0 Å². The van der Waals surface area contributed by atoms with E-state index in [9.17, 15) is 14.7 Å². The van der Waals surface area contributed by atoms with Crippen molar-refractivity contribution >= 4 is 34.3 Å². The highest BCUT2D eigenvalue weighted by molar-refractivity contribution is 6.31. The molecular weight excluding hydrogens is 366 g/mol. The molecule has 2 aliphatic rings. The van der Waals surface area contributed by atoms with E-state index in [4.69, 9.17) is 11.6 Å². The number of likely N-dealkylation sites (tertiary alicyclic amines) is 1. The molecular formula is C20H24ClN3O3. The minimum atomic E-state index is -0.839. The molecule has 0 spiro atoms. The van der Waals surface area contributed by atoms with Crippen LogP contribution in [0.4, 0.5) is 0 Å². The third kappa shape index (κ3) is 3.56. The van der Waals surface area contributed by atoms with Gasteiger partial charge in [-0.1, -0.05) is 24.4 Å². The number of benzene rings is 1. The van der Waals surface area contributed by atoms with Crippen molar-refractivity contribution in [3.63, 3.8) is 0 Å². The number of carbonyl (C=O) groups excluding carboxylic acids is 2.